The molecule has 13 heteroatoms. The number of H-pyrrole nitrogens is 1. The SMILES string of the molecule is Cc1[nH]c2c(-c3cc(C(F)(F)F)ccc3OCC3CC3)ncnc2c1C(=O)N[C@H]1CCN(C(=O)[C@H](C)O)C[C@H]1F. The zero-order valence-electron chi connectivity index (χ0n) is 21.9. The lowest BCUT2D eigenvalue weighted by molar-refractivity contribution is -0.141. The molecule has 2 aromatic heterocycles. The molecule has 2 aliphatic rings. The summed E-state index contributed by atoms with van der Waals surface area (Å²) in [6.45, 7) is 3.17. The minimum Gasteiger partial charge on any atom is -0.493 e. The average molecular weight is 564 g/mol. The van der Waals surface area contributed by atoms with E-state index in [0.29, 0.717) is 18.2 Å². The average Bonchev–Trinajstić information content (AvgIpc) is 3.67. The number of benzene rings is 1. The number of aromatic amines is 1. The highest BCUT2D eigenvalue weighted by molar-refractivity contribution is 6.09. The number of ether oxygens (including phenoxy) is 1. The highest BCUT2D eigenvalue weighted by Crippen LogP contribution is 2.40. The Hall–Kier alpha value is -3.74. The molecule has 3 heterocycles. The van der Waals surface area contributed by atoms with E-state index in [1.54, 1.807) is 6.92 Å². The van der Waals surface area contributed by atoms with Crippen LogP contribution in [0.1, 0.15) is 47.8 Å². The molecule has 5 rings (SSSR count). The lowest BCUT2D eigenvalue weighted by Crippen LogP contribution is -2.55. The van der Waals surface area contributed by atoms with E-state index in [9.17, 15) is 32.3 Å². The van der Waals surface area contributed by atoms with Crippen molar-refractivity contribution in [3.63, 3.8) is 0 Å². The number of aliphatic hydroxyl groups excluding tert-OH is 1. The predicted octanol–water partition coefficient (Wildman–Crippen LogP) is 3.79. The van der Waals surface area contributed by atoms with Gasteiger partial charge in [-0.05, 0) is 57.2 Å². The third-order valence-corrected chi connectivity index (χ3v) is 7.26. The predicted molar refractivity (Wildman–Crippen MR) is 136 cm³/mol. The van der Waals surface area contributed by atoms with E-state index in [1.165, 1.54) is 17.9 Å². The Labute approximate surface area is 226 Å². The molecule has 3 N–H and O–H groups in total. The topological polar surface area (TPSA) is 120 Å². The number of rotatable bonds is 7. The minimum atomic E-state index is -4.59. The van der Waals surface area contributed by atoms with E-state index in [1.807, 2.05) is 0 Å². The quantitative estimate of drug-likeness (QED) is 0.377. The van der Waals surface area contributed by atoms with Gasteiger partial charge in [0.15, 0.2) is 0 Å². The normalized spacial score (nSPS) is 20.4. The van der Waals surface area contributed by atoms with Gasteiger partial charge in [-0.15, -0.1) is 0 Å². The van der Waals surface area contributed by atoms with Crippen LogP contribution in [0.3, 0.4) is 0 Å². The number of piperidine rings is 1. The molecule has 0 radical (unpaired) electrons. The van der Waals surface area contributed by atoms with Crippen LogP contribution >= 0.6 is 0 Å². The van der Waals surface area contributed by atoms with Gasteiger partial charge >= 0.3 is 6.18 Å². The van der Waals surface area contributed by atoms with E-state index < -0.39 is 41.9 Å². The Morgan fingerprint density at radius 2 is 2.00 bits per heavy atom. The highest BCUT2D eigenvalue weighted by atomic mass is 19.4. The fourth-order valence-electron chi connectivity index (χ4n) is 4.88. The number of aromatic nitrogens is 3. The Bertz CT molecular complexity index is 1440. The van der Waals surface area contributed by atoms with Crippen LogP contribution in [-0.2, 0) is 11.0 Å². The number of carbonyl (C=O) groups is 2. The largest absolute Gasteiger partial charge is 0.493 e. The summed E-state index contributed by atoms with van der Waals surface area (Å²) in [6.07, 6.45) is -4.12. The van der Waals surface area contributed by atoms with Crippen LogP contribution in [0, 0.1) is 12.8 Å². The van der Waals surface area contributed by atoms with Crippen molar-refractivity contribution in [1.82, 2.24) is 25.2 Å². The summed E-state index contributed by atoms with van der Waals surface area (Å²) < 4.78 is 61.5. The number of amides is 2. The van der Waals surface area contributed by atoms with Crippen LogP contribution in [-0.4, -0.2) is 74.8 Å². The number of hydrogen-bond acceptors (Lipinski definition) is 6. The molecular weight excluding hydrogens is 534 g/mol. The fourth-order valence-corrected chi connectivity index (χ4v) is 4.88. The molecule has 2 fully saturated rings. The van der Waals surface area contributed by atoms with Crippen LogP contribution in [0.4, 0.5) is 17.6 Å². The summed E-state index contributed by atoms with van der Waals surface area (Å²) >= 11 is 0. The molecule has 0 unspecified atom stereocenters. The van der Waals surface area contributed by atoms with Crippen molar-refractivity contribution < 1.29 is 37.0 Å². The number of nitrogens with zero attached hydrogens (tertiary/aromatic N) is 3. The Morgan fingerprint density at radius 1 is 1.25 bits per heavy atom. The zero-order chi connectivity index (χ0) is 28.8. The molecule has 1 aromatic carbocycles. The van der Waals surface area contributed by atoms with E-state index >= 15 is 0 Å². The van der Waals surface area contributed by atoms with Crippen molar-refractivity contribution in [2.75, 3.05) is 19.7 Å². The molecular formula is C27H29F4N5O4. The van der Waals surface area contributed by atoms with Gasteiger partial charge in [0.05, 0.1) is 35.8 Å². The van der Waals surface area contributed by atoms with Crippen molar-refractivity contribution in [2.24, 2.45) is 5.92 Å². The highest BCUT2D eigenvalue weighted by Gasteiger charge is 2.35. The van der Waals surface area contributed by atoms with Gasteiger partial charge in [-0.25, -0.2) is 14.4 Å². The maximum absolute atomic E-state index is 14.9. The molecule has 0 bridgehead atoms. The molecule has 9 nitrogen and oxygen atoms in total. The number of halogens is 4. The molecule has 40 heavy (non-hydrogen) atoms. The van der Waals surface area contributed by atoms with Gasteiger partial charge in [-0.1, -0.05) is 0 Å². The lowest BCUT2D eigenvalue weighted by atomic mass is 10.0. The smallest absolute Gasteiger partial charge is 0.416 e. The molecule has 1 saturated carbocycles. The fraction of sp³-hybridized carbons (Fsp3) is 0.481. The molecule has 3 aromatic rings. The van der Waals surface area contributed by atoms with E-state index in [2.05, 4.69) is 20.3 Å². The lowest BCUT2D eigenvalue weighted by Gasteiger charge is -2.35. The second-order valence-electron chi connectivity index (χ2n) is 10.4. The number of aryl methyl sites for hydroxylation is 1. The zero-order valence-corrected chi connectivity index (χ0v) is 21.9. The van der Waals surface area contributed by atoms with Gasteiger partial charge in [0.1, 0.15) is 35.6 Å². The summed E-state index contributed by atoms with van der Waals surface area (Å²) in [7, 11) is 0. The van der Waals surface area contributed by atoms with Gasteiger partial charge in [0.25, 0.3) is 11.8 Å². The first-order valence-corrected chi connectivity index (χ1v) is 13.0. The number of likely N-dealkylation sites (tertiary alicyclic amines) is 1. The van der Waals surface area contributed by atoms with Crippen LogP contribution in [0.2, 0.25) is 0 Å². The summed E-state index contributed by atoms with van der Waals surface area (Å²) in [5.41, 5.74) is 0.272. The molecule has 3 atom stereocenters. The molecule has 1 aliphatic heterocycles. The van der Waals surface area contributed by atoms with E-state index in [4.69, 9.17) is 4.74 Å². The Morgan fingerprint density at radius 3 is 2.65 bits per heavy atom. The standard InChI is InChI=1S/C27H29F4N5O4/c1-13-21(25(38)35-19-7-8-36(10-18(19)28)26(39)14(2)37)23-24(34-13)22(32-12-33-23)17-9-16(27(29,30)31)5-6-20(17)40-11-15-3-4-15/h5-6,9,12,14-15,18-19,34,37H,3-4,7-8,10-11H2,1-2H3,(H,35,38)/t14-,18+,19-/m0/s1. The summed E-state index contributed by atoms with van der Waals surface area (Å²) in [5, 5.41) is 12.2. The van der Waals surface area contributed by atoms with Gasteiger partial charge in [0.2, 0.25) is 0 Å². The first-order valence-electron chi connectivity index (χ1n) is 13.0. The Kier molecular flexibility index (Phi) is 7.42. The van der Waals surface area contributed by atoms with Crippen LogP contribution in [0.5, 0.6) is 5.75 Å². The molecule has 2 amide bonds. The summed E-state index contributed by atoms with van der Waals surface area (Å²) in [4.78, 5) is 38.0. The van der Waals surface area contributed by atoms with Crippen LogP contribution in [0.15, 0.2) is 24.5 Å². The molecule has 1 aliphatic carbocycles. The number of fused-ring (bicyclic) bond motifs is 1. The molecule has 1 saturated heterocycles. The second kappa shape index (κ2) is 10.7. The first kappa shape index (κ1) is 27.8. The van der Waals surface area contributed by atoms with Gasteiger partial charge < -0.3 is 25.0 Å². The van der Waals surface area contributed by atoms with E-state index in [0.717, 1.165) is 31.3 Å². The maximum atomic E-state index is 14.9. The van der Waals surface area contributed by atoms with Crippen molar-refractivity contribution >= 4 is 22.8 Å². The van der Waals surface area contributed by atoms with Gasteiger partial charge in [-0.2, -0.15) is 13.2 Å². The number of carbonyl (C=O) groups excluding carboxylic acids is 2. The minimum absolute atomic E-state index is 0.107. The summed E-state index contributed by atoms with van der Waals surface area (Å²) in [6, 6.07) is 2.31. The Balaban J connectivity index is 1.45. The van der Waals surface area contributed by atoms with Gasteiger partial charge in [-0.3, -0.25) is 9.59 Å². The van der Waals surface area contributed by atoms with Gasteiger partial charge in [0, 0.05) is 17.8 Å². The second-order valence-corrected chi connectivity index (χ2v) is 10.4. The summed E-state index contributed by atoms with van der Waals surface area (Å²) in [5.74, 6) is -0.610. The third kappa shape index (κ3) is 5.60. The van der Waals surface area contributed by atoms with Crippen molar-refractivity contribution in [2.45, 2.75) is 57.6 Å². The first-order chi connectivity index (χ1) is 18.9. The third-order valence-electron chi connectivity index (χ3n) is 7.26. The van der Waals surface area contributed by atoms with Crippen molar-refractivity contribution in [3.05, 3.63) is 41.3 Å². The van der Waals surface area contributed by atoms with Crippen LogP contribution in [0.25, 0.3) is 22.3 Å². The molecule has 0 spiro atoms. The molecule has 214 valence electrons. The van der Waals surface area contributed by atoms with Crippen molar-refractivity contribution in [3.8, 4) is 17.0 Å². The van der Waals surface area contributed by atoms with Crippen molar-refractivity contribution in [1.29, 1.82) is 0 Å². The van der Waals surface area contributed by atoms with Crippen LogP contribution < -0.4 is 10.1 Å². The monoisotopic (exact) mass is 563 g/mol. The number of alkyl halides is 4. The number of aliphatic hydroxyl groups is 1. The maximum Gasteiger partial charge on any atom is 0.416 e. The number of nitrogens with one attached hydrogen (secondary N) is 2. The number of hydrogen-bond donors (Lipinski definition) is 3. The van der Waals surface area contributed by atoms with E-state index in [-0.39, 0.29) is 53.1 Å².